The molecule has 3 rings (SSSR count). The van der Waals surface area contributed by atoms with Crippen LogP contribution in [-0.4, -0.2) is 55.5 Å². The zero-order valence-corrected chi connectivity index (χ0v) is 14.2. The van der Waals surface area contributed by atoms with Gasteiger partial charge in [0.05, 0.1) is 11.5 Å². The molecule has 5 heteroatoms. The molecule has 0 N–H and O–H groups in total. The highest BCUT2D eigenvalue weighted by atomic mass is 32.1. The Labute approximate surface area is 135 Å². The fraction of sp³-hybridized carbons (Fsp3) is 0.471. The van der Waals surface area contributed by atoms with E-state index >= 15 is 0 Å². The third-order valence-electron chi connectivity index (χ3n) is 4.27. The third-order valence-corrected chi connectivity index (χ3v) is 5.47. The van der Waals surface area contributed by atoms with Crippen molar-refractivity contribution in [3.8, 4) is 0 Å². The molecule has 0 spiro atoms. The summed E-state index contributed by atoms with van der Waals surface area (Å²) in [7, 11) is 3.79. The number of amides is 1. The molecule has 2 heterocycles. The third kappa shape index (κ3) is 2.76. The van der Waals surface area contributed by atoms with Crippen molar-refractivity contribution in [3.05, 3.63) is 34.7 Å². The van der Waals surface area contributed by atoms with Crippen molar-refractivity contribution in [1.29, 1.82) is 0 Å². The van der Waals surface area contributed by atoms with Crippen LogP contribution in [0.15, 0.2) is 24.3 Å². The molecule has 2 aromatic rings. The van der Waals surface area contributed by atoms with E-state index in [0.29, 0.717) is 6.61 Å². The van der Waals surface area contributed by atoms with Crippen LogP contribution in [0.25, 0.3) is 10.1 Å². The number of thiophene rings is 1. The molecule has 1 atom stereocenters. The van der Waals surface area contributed by atoms with Gasteiger partial charge in [0.1, 0.15) is 0 Å². The Bertz CT molecular complexity index is 682. The van der Waals surface area contributed by atoms with Crippen molar-refractivity contribution in [3.63, 3.8) is 0 Å². The number of methoxy groups -OCH3 is 1. The van der Waals surface area contributed by atoms with E-state index in [1.807, 2.05) is 17.0 Å². The lowest BCUT2D eigenvalue weighted by Crippen LogP contribution is -2.52. The van der Waals surface area contributed by atoms with E-state index in [-0.39, 0.29) is 11.9 Å². The van der Waals surface area contributed by atoms with Gasteiger partial charge >= 0.3 is 0 Å². The van der Waals surface area contributed by atoms with Crippen molar-refractivity contribution in [1.82, 2.24) is 9.80 Å². The van der Waals surface area contributed by atoms with Gasteiger partial charge in [-0.25, -0.2) is 0 Å². The maximum absolute atomic E-state index is 13.0. The zero-order valence-electron chi connectivity index (χ0n) is 13.3. The van der Waals surface area contributed by atoms with E-state index in [0.717, 1.165) is 40.2 Å². The molecule has 0 aliphatic carbocycles. The number of carbonyl (C=O) groups excluding carboxylic acids is 1. The van der Waals surface area contributed by atoms with Gasteiger partial charge in [0.15, 0.2) is 0 Å². The lowest BCUT2D eigenvalue weighted by Gasteiger charge is -2.38. The summed E-state index contributed by atoms with van der Waals surface area (Å²) in [5.41, 5.74) is 1.03. The first-order chi connectivity index (χ1) is 10.6. The summed E-state index contributed by atoms with van der Waals surface area (Å²) in [6.45, 7) is 5.25. The Hall–Kier alpha value is -1.43. The summed E-state index contributed by atoms with van der Waals surface area (Å²) in [4.78, 5) is 18.2. The molecule has 1 amide bonds. The summed E-state index contributed by atoms with van der Waals surface area (Å²) < 4.78 is 6.50. The molecular weight excluding hydrogens is 296 g/mol. The van der Waals surface area contributed by atoms with Gasteiger partial charge in [0.25, 0.3) is 5.91 Å². The summed E-state index contributed by atoms with van der Waals surface area (Å²) in [5.74, 6) is 0.147. The second-order valence-electron chi connectivity index (χ2n) is 5.95. The van der Waals surface area contributed by atoms with Crippen LogP contribution in [0.3, 0.4) is 0 Å². The molecule has 22 heavy (non-hydrogen) atoms. The highest BCUT2D eigenvalue weighted by Crippen LogP contribution is 2.33. The molecule has 1 aromatic carbocycles. The van der Waals surface area contributed by atoms with Gasteiger partial charge in [-0.05, 0) is 25.4 Å². The van der Waals surface area contributed by atoms with E-state index in [2.05, 4.69) is 31.0 Å². The summed E-state index contributed by atoms with van der Waals surface area (Å²) in [6.07, 6.45) is 0. The van der Waals surface area contributed by atoms with Gasteiger partial charge in [-0.3, -0.25) is 4.79 Å². The largest absolute Gasteiger partial charge is 0.380 e. The van der Waals surface area contributed by atoms with Gasteiger partial charge in [-0.15, -0.1) is 11.3 Å². The van der Waals surface area contributed by atoms with Gasteiger partial charge < -0.3 is 14.5 Å². The van der Waals surface area contributed by atoms with Crippen LogP contribution in [0, 0.1) is 0 Å². The van der Waals surface area contributed by atoms with E-state index in [9.17, 15) is 4.79 Å². The number of rotatable bonds is 3. The first-order valence-electron chi connectivity index (χ1n) is 7.60. The fourth-order valence-electron chi connectivity index (χ4n) is 3.13. The predicted octanol–water partition coefficient (Wildman–Crippen LogP) is 2.82. The Morgan fingerprint density at radius 3 is 2.86 bits per heavy atom. The number of ether oxygens (including phenoxy) is 1. The minimum Gasteiger partial charge on any atom is -0.380 e. The van der Waals surface area contributed by atoms with Crippen molar-refractivity contribution in [2.75, 3.05) is 33.8 Å². The molecule has 0 unspecified atom stereocenters. The second-order valence-corrected chi connectivity index (χ2v) is 7.00. The van der Waals surface area contributed by atoms with Crippen LogP contribution in [-0.2, 0) is 11.3 Å². The number of hydrogen-bond donors (Lipinski definition) is 0. The first-order valence-corrected chi connectivity index (χ1v) is 8.42. The van der Waals surface area contributed by atoms with Crippen LogP contribution in [0.1, 0.15) is 22.2 Å². The maximum Gasteiger partial charge on any atom is 0.264 e. The maximum atomic E-state index is 13.0. The van der Waals surface area contributed by atoms with E-state index in [4.69, 9.17) is 4.74 Å². The van der Waals surface area contributed by atoms with Crippen molar-refractivity contribution < 1.29 is 9.53 Å². The molecule has 0 saturated carbocycles. The van der Waals surface area contributed by atoms with E-state index in [1.165, 1.54) is 0 Å². The minimum absolute atomic E-state index is 0.147. The fourth-order valence-corrected chi connectivity index (χ4v) is 4.30. The van der Waals surface area contributed by atoms with Crippen LogP contribution in [0.4, 0.5) is 0 Å². The highest BCUT2D eigenvalue weighted by molar-refractivity contribution is 7.21. The number of piperazine rings is 1. The first kappa shape index (κ1) is 15.5. The Balaban J connectivity index is 1.98. The topological polar surface area (TPSA) is 32.8 Å². The zero-order chi connectivity index (χ0) is 15.7. The summed E-state index contributed by atoms with van der Waals surface area (Å²) in [6, 6.07) is 8.42. The number of hydrogen-bond acceptors (Lipinski definition) is 4. The molecule has 1 aliphatic rings. The normalized spacial score (nSPS) is 19.8. The number of likely N-dealkylation sites (N-methyl/N-ethyl adjacent to an activating group) is 1. The SMILES string of the molecule is COCc1c(C(=O)N2CCN(C)C[C@H]2C)sc2ccccc12. The minimum atomic E-state index is 0.147. The molecule has 1 aliphatic heterocycles. The Morgan fingerprint density at radius 2 is 2.14 bits per heavy atom. The van der Waals surface area contributed by atoms with E-state index in [1.54, 1.807) is 18.4 Å². The van der Waals surface area contributed by atoms with Crippen LogP contribution in [0.5, 0.6) is 0 Å². The quantitative estimate of drug-likeness (QED) is 0.872. The molecular formula is C17H22N2O2S. The second kappa shape index (κ2) is 6.36. The van der Waals surface area contributed by atoms with Crippen molar-refractivity contribution >= 4 is 27.3 Å². The molecule has 0 radical (unpaired) electrons. The molecule has 118 valence electrons. The number of fused-ring (bicyclic) bond motifs is 1. The molecule has 1 saturated heterocycles. The molecule has 1 aromatic heterocycles. The smallest absolute Gasteiger partial charge is 0.264 e. The van der Waals surface area contributed by atoms with Gasteiger partial charge in [0, 0.05) is 43.0 Å². The molecule has 4 nitrogen and oxygen atoms in total. The lowest BCUT2D eigenvalue weighted by molar-refractivity contribution is 0.0535. The number of nitrogens with zero attached hydrogens (tertiary/aromatic N) is 2. The molecule has 0 bridgehead atoms. The number of carbonyl (C=O) groups is 1. The van der Waals surface area contributed by atoms with Crippen LogP contribution < -0.4 is 0 Å². The Kier molecular flexibility index (Phi) is 4.47. The molecule has 1 fully saturated rings. The van der Waals surface area contributed by atoms with Crippen LogP contribution >= 0.6 is 11.3 Å². The monoisotopic (exact) mass is 318 g/mol. The average Bonchev–Trinajstić information content (AvgIpc) is 2.86. The average molecular weight is 318 g/mol. The summed E-state index contributed by atoms with van der Waals surface area (Å²) >= 11 is 1.58. The summed E-state index contributed by atoms with van der Waals surface area (Å²) in [5, 5.41) is 1.14. The van der Waals surface area contributed by atoms with E-state index < -0.39 is 0 Å². The van der Waals surface area contributed by atoms with Gasteiger partial charge in [0.2, 0.25) is 0 Å². The standard InChI is InChI=1S/C17H22N2O2S/c1-12-10-18(2)8-9-19(12)17(20)16-14(11-21-3)13-6-4-5-7-15(13)22-16/h4-7,12H,8-11H2,1-3H3/t12-/m1/s1. The lowest BCUT2D eigenvalue weighted by atomic mass is 10.1. The Morgan fingerprint density at radius 1 is 1.36 bits per heavy atom. The van der Waals surface area contributed by atoms with Crippen molar-refractivity contribution in [2.45, 2.75) is 19.6 Å². The van der Waals surface area contributed by atoms with Gasteiger partial charge in [-0.2, -0.15) is 0 Å². The van der Waals surface area contributed by atoms with Crippen molar-refractivity contribution in [2.24, 2.45) is 0 Å². The predicted molar refractivity (Wildman–Crippen MR) is 90.5 cm³/mol. The number of benzene rings is 1. The van der Waals surface area contributed by atoms with Crippen LogP contribution in [0.2, 0.25) is 0 Å². The van der Waals surface area contributed by atoms with Gasteiger partial charge in [-0.1, -0.05) is 18.2 Å². The highest BCUT2D eigenvalue weighted by Gasteiger charge is 2.29.